The monoisotopic (exact) mass is 656 g/mol. The van der Waals surface area contributed by atoms with Crippen molar-refractivity contribution in [2.75, 3.05) is 38.0 Å². The summed E-state index contributed by atoms with van der Waals surface area (Å²) in [6.07, 6.45) is 5.22. The molecule has 2 aromatic heterocycles. The maximum absolute atomic E-state index is 13.8. The Morgan fingerprint density at radius 3 is 2.66 bits per heavy atom. The highest BCUT2D eigenvalue weighted by molar-refractivity contribution is 6.29. The van der Waals surface area contributed by atoms with Gasteiger partial charge in [-0.25, -0.2) is 14.8 Å². The number of pyridine rings is 2. The summed E-state index contributed by atoms with van der Waals surface area (Å²) in [4.78, 5) is 35.2. The lowest BCUT2D eigenvalue weighted by Gasteiger charge is -2.27. The number of rotatable bonds is 8. The molecule has 1 atom stereocenters. The van der Waals surface area contributed by atoms with E-state index in [2.05, 4.69) is 27.8 Å². The Balaban J connectivity index is 1.31. The second kappa shape index (κ2) is 14.4. The van der Waals surface area contributed by atoms with Crippen molar-refractivity contribution in [3.63, 3.8) is 0 Å². The molecule has 6 rings (SSSR count). The van der Waals surface area contributed by atoms with Gasteiger partial charge in [-0.1, -0.05) is 23.7 Å². The zero-order valence-corrected chi connectivity index (χ0v) is 27.4. The van der Waals surface area contributed by atoms with Gasteiger partial charge in [0.15, 0.2) is 0 Å². The molecule has 47 heavy (non-hydrogen) atoms. The van der Waals surface area contributed by atoms with E-state index in [4.69, 9.17) is 35.5 Å². The molecule has 0 radical (unpaired) electrons. The Morgan fingerprint density at radius 2 is 1.89 bits per heavy atom. The third kappa shape index (κ3) is 7.50. The van der Waals surface area contributed by atoms with Crippen LogP contribution in [0.2, 0.25) is 5.15 Å². The smallest absolute Gasteiger partial charge is 0.338 e. The molecule has 4 heterocycles. The van der Waals surface area contributed by atoms with Crippen molar-refractivity contribution in [3.05, 3.63) is 93.3 Å². The number of nitrogens with zero attached hydrogens (tertiary/aromatic N) is 2. The van der Waals surface area contributed by atoms with Gasteiger partial charge in [-0.15, -0.1) is 0 Å². The number of ether oxygens (including phenoxy) is 4. The Bertz CT molecular complexity index is 1810. The third-order valence-corrected chi connectivity index (χ3v) is 8.74. The van der Waals surface area contributed by atoms with Gasteiger partial charge in [0.25, 0.3) is 0 Å². The summed E-state index contributed by atoms with van der Waals surface area (Å²) >= 11 is 6.26. The maximum atomic E-state index is 13.8. The number of fused-ring (bicyclic) bond motifs is 6. The van der Waals surface area contributed by atoms with Gasteiger partial charge in [0, 0.05) is 36.5 Å². The van der Waals surface area contributed by atoms with Crippen molar-refractivity contribution in [1.29, 1.82) is 0 Å². The van der Waals surface area contributed by atoms with Crippen LogP contribution < -0.4 is 20.1 Å². The second-order valence-corrected chi connectivity index (χ2v) is 12.1. The quantitative estimate of drug-likeness (QED) is 0.165. The molecule has 1 fully saturated rings. The predicted molar refractivity (Wildman–Crippen MR) is 180 cm³/mol. The van der Waals surface area contributed by atoms with Crippen LogP contribution in [-0.2, 0) is 40.1 Å². The molecule has 2 aliphatic rings. The maximum Gasteiger partial charge on any atom is 0.338 e. The normalized spacial score (nSPS) is 15.4. The Hall–Kier alpha value is -4.67. The largest absolute Gasteiger partial charge is 0.494 e. The number of anilines is 2. The highest BCUT2D eigenvalue weighted by atomic mass is 35.5. The van der Waals surface area contributed by atoms with Crippen LogP contribution in [0.1, 0.15) is 51.0 Å². The number of methoxy groups -OCH3 is 2. The van der Waals surface area contributed by atoms with E-state index in [1.165, 1.54) is 14.2 Å². The summed E-state index contributed by atoms with van der Waals surface area (Å²) in [5, 5.41) is 6.82. The first-order chi connectivity index (χ1) is 22.8. The fraction of sp³-hybridized carbons (Fsp3) is 0.333. The Kier molecular flexibility index (Phi) is 9.89. The zero-order chi connectivity index (χ0) is 32.9. The summed E-state index contributed by atoms with van der Waals surface area (Å²) in [6.45, 7) is 3.60. The lowest BCUT2D eigenvalue weighted by molar-refractivity contribution is -0.115. The number of aryl methyl sites for hydroxylation is 3. The first-order valence-corrected chi connectivity index (χ1v) is 16.0. The van der Waals surface area contributed by atoms with Gasteiger partial charge >= 0.3 is 5.97 Å². The standard InChI is InChI=1S/C36H37ClN4O6/c1-21-12-24(17-33(42)41-35-30(38-19-27-10-11-46-27)14-25(36(43)45-3)15-31(35)44-2)22-6-4-7-23-16-32(37)39-18-26(23)20-47-34-9-5-8-29(40-34)28(21)13-22/h5,8-9,12-16,18,27,38H,4,6-7,10-11,17,19-20H2,1-3H3,(H,41,42)/t27-/m0/s1. The lowest BCUT2D eigenvalue weighted by atomic mass is 9.91. The number of hydrogen-bond donors (Lipinski definition) is 2. The van der Waals surface area contributed by atoms with Crippen molar-refractivity contribution < 1.29 is 28.5 Å². The number of halogens is 1. The van der Waals surface area contributed by atoms with Gasteiger partial charge in [-0.2, -0.15) is 0 Å². The molecule has 4 bridgehead atoms. The molecule has 1 saturated heterocycles. The summed E-state index contributed by atoms with van der Waals surface area (Å²) in [5.41, 5.74) is 8.09. The minimum absolute atomic E-state index is 0.0565. The highest BCUT2D eigenvalue weighted by Gasteiger charge is 2.23. The molecule has 0 saturated carbocycles. The first kappa shape index (κ1) is 32.3. The highest BCUT2D eigenvalue weighted by Crippen LogP contribution is 2.36. The summed E-state index contributed by atoms with van der Waals surface area (Å²) in [5.74, 6) is 0.135. The first-order valence-electron chi connectivity index (χ1n) is 15.6. The van der Waals surface area contributed by atoms with Gasteiger partial charge in [-0.3, -0.25) is 4.79 Å². The molecule has 2 aliphatic heterocycles. The molecule has 0 unspecified atom stereocenters. The van der Waals surface area contributed by atoms with Crippen LogP contribution >= 0.6 is 11.6 Å². The predicted octanol–water partition coefficient (Wildman–Crippen LogP) is 6.35. The Morgan fingerprint density at radius 1 is 1.06 bits per heavy atom. The van der Waals surface area contributed by atoms with Crippen molar-refractivity contribution in [2.24, 2.45) is 0 Å². The van der Waals surface area contributed by atoms with Crippen molar-refractivity contribution in [1.82, 2.24) is 9.97 Å². The number of carbonyl (C=O) groups is 2. The molecule has 1 amide bonds. The van der Waals surface area contributed by atoms with Gasteiger partial charge in [0.2, 0.25) is 11.8 Å². The zero-order valence-electron chi connectivity index (χ0n) is 26.7. The summed E-state index contributed by atoms with van der Waals surface area (Å²) < 4.78 is 22.2. The number of hydrogen-bond acceptors (Lipinski definition) is 9. The molecule has 0 aliphatic carbocycles. The number of esters is 1. The van der Waals surface area contributed by atoms with Crippen LogP contribution in [0, 0.1) is 6.92 Å². The molecule has 10 nitrogen and oxygen atoms in total. The van der Waals surface area contributed by atoms with Crippen LogP contribution in [0.4, 0.5) is 11.4 Å². The van der Waals surface area contributed by atoms with Crippen molar-refractivity contribution in [3.8, 4) is 22.9 Å². The van der Waals surface area contributed by atoms with Gasteiger partial charge in [0.1, 0.15) is 23.2 Å². The molecular weight excluding hydrogens is 620 g/mol. The SMILES string of the molecule is COC(=O)c1cc(NC[C@@H]2CCO2)c(NC(=O)Cc2cc(C)c3cc2CCCc2cc(Cl)ncc2COc2cccc-3n2)c(OC)c1. The molecule has 2 N–H and O–H groups in total. The van der Waals surface area contributed by atoms with Crippen LogP contribution in [0.25, 0.3) is 11.3 Å². The van der Waals surface area contributed by atoms with E-state index in [0.717, 1.165) is 71.4 Å². The van der Waals surface area contributed by atoms with Crippen molar-refractivity contribution in [2.45, 2.75) is 51.7 Å². The van der Waals surface area contributed by atoms with E-state index >= 15 is 0 Å². The van der Waals surface area contributed by atoms with E-state index < -0.39 is 5.97 Å². The van der Waals surface area contributed by atoms with Crippen molar-refractivity contribution >= 4 is 34.9 Å². The Labute approximate surface area is 278 Å². The average Bonchev–Trinajstić information content (AvgIpc) is 3.05. The van der Waals surface area contributed by atoms with Gasteiger partial charge in [-0.05, 0) is 85.2 Å². The van der Waals surface area contributed by atoms with E-state index in [0.29, 0.717) is 46.9 Å². The fourth-order valence-electron chi connectivity index (χ4n) is 5.92. The van der Waals surface area contributed by atoms with E-state index in [-0.39, 0.29) is 18.4 Å². The molecular formula is C36H37ClN4O6. The van der Waals surface area contributed by atoms with Crippen LogP contribution in [0.5, 0.6) is 11.6 Å². The lowest BCUT2D eigenvalue weighted by Crippen LogP contribution is -2.33. The third-order valence-electron chi connectivity index (χ3n) is 8.54. The average molecular weight is 657 g/mol. The molecule has 0 spiro atoms. The van der Waals surface area contributed by atoms with E-state index in [1.807, 2.05) is 31.2 Å². The van der Waals surface area contributed by atoms with E-state index in [1.54, 1.807) is 18.3 Å². The minimum atomic E-state index is -0.507. The molecule has 2 aromatic carbocycles. The molecule has 4 aromatic rings. The summed E-state index contributed by atoms with van der Waals surface area (Å²) in [6, 6.07) is 15.1. The van der Waals surface area contributed by atoms with Crippen LogP contribution in [0.3, 0.4) is 0 Å². The number of carbonyl (C=O) groups excluding carboxylic acids is 2. The molecule has 11 heteroatoms. The number of aromatic nitrogens is 2. The van der Waals surface area contributed by atoms with Crippen LogP contribution in [0.15, 0.2) is 54.7 Å². The van der Waals surface area contributed by atoms with Crippen LogP contribution in [-0.4, -0.2) is 55.3 Å². The number of nitrogens with one attached hydrogen (secondary N) is 2. The van der Waals surface area contributed by atoms with E-state index in [9.17, 15) is 9.59 Å². The fourth-order valence-corrected chi connectivity index (χ4v) is 6.10. The number of benzene rings is 2. The van der Waals surface area contributed by atoms with Gasteiger partial charge < -0.3 is 29.6 Å². The van der Waals surface area contributed by atoms with Gasteiger partial charge in [0.05, 0.1) is 43.7 Å². The topological polar surface area (TPSA) is 121 Å². The second-order valence-electron chi connectivity index (χ2n) is 11.7. The number of amides is 1. The summed E-state index contributed by atoms with van der Waals surface area (Å²) in [7, 11) is 2.82. The molecule has 244 valence electrons. The minimum Gasteiger partial charge on any atom is -0.494 e.